The van der Waals surface area contributed by atoms with Crippen molar-refractivity contribution in [2.75, 3.05) is 5.01 Å². The van der Waals surface area contributed by atoms with Crippen molar-refractivity contribution in [3.8, 4) is 0 Å². The predicted molar refractivity (Wildman–Crippen MR) is 93.6 cm³/mol. The summed E-state index contributed by atoms with van der Waals surface area (Å²) < 4.78 is 0. The Morgan fingerprint density at radius 3 is 2.54 bits per heavy atom. The highest BCUT2D eigenvalue weighted by atomic mass is 16.2. The van der Waals surface area contributed by atoms with Crippen LogP contribution in [0.1, 0.15) is 24.0 Å². The van der Waals surface area contributed by atoms with E-state index in [0.717, 1.165) is 11.1 Å². The van der Waals surface area contributed by atoms with Gasteiger partial charge in [0.05, 0.1) is 5.69 Å². The van der Waals surface area contributed by atoms with E-state index < -0.39 is 0 Å². The minimum Gasteiger partial charge on any atom is -0.347 e. The molecule has 0 spiro atoms. The molecule has 0 saturated carbocycles. The molecular weight excluding hydrogens is 302 g/mol. The number of hydrogen-bond donors (Lipinski definition) is 1. The van der Waals surface area contributed by atoms with E-state index in [0.29, 0.717) is 24.4 Å². The third kappa shape index (κ3) is 3.51. The SMILES string of the molecule is Cc1ccccc1CNC(=O)C1=NN(c2ccccc2)C(=O)CC1. The number of anilines is 1. The van der Waals surface area contributed by atoms with Crippen LogP contribution in [0.4, 0.5) is 5.69 Å². The van der Waals surface area contributed by atoms with Gasteiger partial charge in [-0.15, -0.1) is 0 Å². The second-order valence-electron chi connectivity index (χ2n) is 5.70. The van der Waals surface area contributed by atoms with Gasteiger partial charge >= 0.3 is 0 Å². The minimum atomic E-state index is -0.230. The van der Waals surface area contributed by atoms with Crippen molar-refractivity contribution in [2.24, 2.45) is 5.10 Å². The van der Waals surface area contributed by atoms with E-state index in [2.05, 4.69) is 10.4 Å². The van der Waals surface area contributed by atoms with Crippen molar-refractivity contribution in [2.45, 2.75) is 26.3 Å². The van der Waals surface area contributed by atoms with Gasteiger partial charge < -0.3 is 5.32 Å². The Bertz CT molecular complexity index is 784. The number of aryl methyl sites for hydroxylation is 1. The molecule has 2 amide bonds. The van der Waals surface area contributed by atoms with Crippen LogP contribution in [0.5, 0.6) is 0 Å². The number of carbonyl (C=O) groups excluding carboxylic acids is 2. The fourth-order valence-electron chi connectivity index (χ4n) is 2.57. The summed E-state index contributed by atoms with van der Waals surface area (Å²) in [5.41, 5.74) is 3.25. The molecule has 122 valence electrons. The van der Waals surface area contributed by atoms with Gasteiger partial charge in [-0.05, 0) is 30.2 Å². The van der Waals surface area contributed by atoms with Crippen molar-refractivity contribution in [1.82, 2.24) is 5.32 Å². The second-order valence-corrected chi connectivity index (χ2v) is 5.70. The highest BCUT2D eigenvalue weighted by Gasteiger charge is 2.25. The van der Waals surface area contributed by atoms with Crippen LogP contribution in [0.2, 0.25) is 0 Å². The number of para-hydroxylation sites is 1. The van der Waals surface area contributed by atoms with Gasteiger partial charge in [-0.25, -0.2) is 5.01 Å². The Morgan fingerprint density at radius 1 is 1.08 bits per heavy atom. The van der Waals surface area contributed by atoms with Gasteiger partial charge in [-0.1, -0.05) is 42.5 Å². The lowest BCUT2D eigenvalue weighted by Crippen LogP contribution is -2.39. The molecule has 5 heteroatoms. The molecule has 0 bridgehead atoms. The summed E-state index contributed by atoms with van der Waals surface area (Å²) in [6.45, 7) is 2.46. The van der Waals surface area contributed by atoms with E-state index in [9.17, 15) is 9.59 Å². The van der Waals surface area contributed by atoms with Crippen LogP contribution in [-0.4, -0.2) is 17.5 Å². The molecule has 0 atom stereocenters. The zero-order valence-corrected chi connectivity index (χ0v) is 13.5. The predicted octanol–water partition coefficient (Wildman–Crippen LogP) is 2.79. The van der Waals surface area contributed by atoms with Gasteiger partial charge in [-0.2, -0.15) is 5.10 Å². The van der Waals surface area contributed by atoms with Crippen LogP contribution in [-0.2, 0) is 16.1 Å². The van der Waals surface area contributed by atoms with Crippen LogP contribution >= 0.6 is 0 Å². The summed E-state index contributed by atoms with van der Waals surface area (Å²) in [6.07, 6.45) is 0.646. The molecule has 1 aliphatic heterocycles. The van der Waals surface area contributed by atoms with E-state index in [1.165, 1.54) is 5.01 Å². The van der Waals surface area contributed by atoms with Gasteiger partial charge in [0.15, 0.2) is 0 Å². The zero-order chi connectivity index (χ0) is 16.9. The molecule has 0 aliphatic carbocycles. The number of nitrogens with one attached hydrogen (secondary N) is 1. The van der Waals surface area contributed by atoms with Crippen molar-refractivity contribution >= 4 is 23.2 Å². The normalized spacial score (nSPS) is 14.3. The third-order valence-electron chi connectivity index (χ3n) is 4.00. The van der Waals surface area contributed by atoms with Crippen molar-refractivity contribution in [1.29, 1.82) is 0 Å². The quantitative estimate of drug-likeness (QED) is 0.941. The Labute approximate surface area is 141 Å². The number of benzene rings is 2. The number of hydrazone groups is 1. The number of rotatable bonds is 4. The molecule has 2 aromatic carbocycles. The molecule has 1 N–H and O–H groups in total. The standard InChI is InChI=1S/C19H19N3O2/c1-14-7-5-6-8-15(14)13-20-19(24)17-11-12-18(23)22(21-17)16-9-3-2-4-10-16/h2-10H,11-13H2,1H3,(H,20,24). The minimum absolute atomic E-state index is 0.100. The fraction of sp³-hybridized carbons (Fsp3) is 0.211. The largest absolute Gasteiger partial charge is 0.347 e. The zero-order valence-electron chi connectivity index (χ0n) is 13.5. The Morgan fingerprint density at radius 2 is 1.79 bits per heavy atom. The molecule has 1 aliphatic rings. The van der Waals surface area contributed by atoms with Crippen molar-refractivity contribution < 1.29 is 9.59 Å². The smallest absolute Gasteiger partial charge is 0.267 e. The first-order valence-electron chi connectivity index (χ1n) is 7.93. The fourth-order valence-corrected chi connectivity index (χ4v) is 2.57. The summed E-state index contributed by atoms with van der Waals surface area (Å²) in [7, 11) is 0. The Kier molecular flexibility index (Phi) is 4.70. The number of nitrogens with zero attached hydrogens (tertiary/aromatic N) is 2. The van der Waals surface area contributed by atoms with E-state index in [1.54, 1.807) is 12.1 Å². The van der Waals surface area contributed by atoms with Gasteiger partial charge in [0.1, 0.15) is 5.71 Å². The first-order chi connectivity index (χ1) is 11.6. The summed E-state index contributed by atoms with van der Waals surface area (Å²) in [5, 5.41) is 8.46. The van der Waals surface area contributed by atoms with Gasteiger partial charge in [-0.3, -0.25) is 9.59 Å². The number of hydrogen-bond acceptors (Lipinski definition) is 3. The maximum Gasteiger partial charge on any atom is 0.267 e. The summed E-state index contributed by atoms with van der Waals surface area (Å²) in [5.74, 6) is -0.330. The molecule has 2 aromatic rings. The van der Waals surface area contributed by atoms with Gasteiger partial charge in [0.2, 0.25) is 5.91 Å². The van der Waals surface area contributed by atoms with Gasteiger partial charge in [0, 0.05) is 19.4 Å². The second kappa shape index (κ2) is 7.08. The molecule has 5 nitrogen and oxygen atoms in total. The topological polar surface area (TPSA) is 61.8 Å². The number of carbonyl (C=O) groups is 2. The molecule has 0 saturated heterocycles. The summed E-state index contributed by atoms with van der Waals surface area (Å²) >= 11 is 0. The average Bonchev–Trinajstić information content (AvgIpc) is 2.62. The van der Waals surface area contributed by atoms with Crippen molar-refractivity contribution in [3.63, 3.8) is 0 Å². The first kappa shape index (κ1) is 15.9. The number of amides is 2. The molecule has 0 fully saturated rings. The maximum absolute atomic E-state index is 12.4. The molecule has 0 aromatic heterocycles. The van der Waals surface area contributed by atoms with E-state index in [4.69, 9.17) is 0 Å². The first-order valence-corrected chi connectivity index (χ1v) is 7.93. The molecule has 0 radical (unpaired) electrons. The molecule has 1 heterocycles. The maximum atomic E-state index is 12.4. The molecule has 3 rings (SSSR count). The van der Waals surface area contributed by atoms with E-state index >= 15 is 0 Å². The lowest BCUT2D eigenvalue weighted by molar-refractivity contribution is -0.119. The van der Waals surface area contributed by atoms with Crippen LogP contribution in [0, 0.1) is 6.92 Å². The van der Waals surface area contributed by atoms with E-state index in [1.807, 2.05) is 49.4 Å². The lowest BCUT2D eigenvalue weighted by Gasteiger charge is -2.23. The van der Waals surface area contributed by atoms with Crippen molar-refractivity contribution in [3.05, 3.63) is 65.7 Å². The average molecular weight is 321 g/mol. The summed E-state index contributed by atoms with van der Waals surface area (Å²) in [6, 6.07) is 17.1. The van der Waals surface area contributed by atoms with Crippen LogP contribution in [0.3, 0.4) is 0 Å². The highest BCUT2D eigenvalue weighted by Crippen LogP contribution is 2.19. The molecular formula is C19H19N3O2. The highest BCUT2D eigenvalue weighted by molar-refractivity contribution is 6.40. The molecule has 24 heavy (non-hydrogen) atoms. The van der Waals surface area contributed by atoms with Gasteiger partial charge in [0.25, 0.3) is 5.91 Å². The summed E-state index contributed by atoms with van der Waals surface area (Å²) in [4.78, 5) is 24.5. The van der Waals surface area contributed by atoms with Crippen LogP contribution in [0.15, 0.2) is 59.7 Å². The van der Waals surface area contributed by atoms with Crippen LogP contribution in [0.25, 0.3) is 0 Å². The lowest BCUT2D eigenvalue weighted by atomic mass is 10.1. The van der Waals surface area contributed by atoms with E-state index in [-0.39, 0.29) is 18.2 Å². The third-order valence-corrected chi connectivity index (χ3v) is 4.00. The Balaban J connectivity index is 1.72. The molecule has 0 unspecified atom stereocenters. The Hall–Kier alpha value is -2.95. The van der Waals surface area contributed by atoms with Crippen LogP contribution < -0.4 is 10.3 Å². The monoisotopic (exact) mass is 321 g/mol.